The Morgan fingerprint density at radius 2 is 0.842 bits per heavy atom. The van der Waals surface area contributed by atoms with E-state index in [0.717, 1.165) is 0 Å². The van der Waals surface area contributed by atoms with Crippen molar-refractivity contribution in [1.82, 2.24) is 10.6 Å². The van der Waals surface area contributed by atoms with Crippen molar-refractivity contribution in [3.05, 3.63) is 47.5 Å². The normalized spacial score (nSPS) is 10.1. The summed E-state index contributed by atoms with van der Waals surface area (Å²) in [7, 11) is 0. The maximum absolute atomic E-state index is 12.2. The van der Waals surface area contributed by atoms with Crippen molar-refractivity contribution < 1.29 is 47.7 Å². The fraction of sp³-hybridized carbons (Fsp3) is 0.308. The number of esters is 4. The summed E-state index contributed by atoms with van der Waals surface area (Å²) in [4.78, 5) is 69.5. The molecule has 2 N–H and O–H groups in total. The largest absolute Gasteiger partial charge is 0.423 e. The zero-order valence-corrected chi connectivity index (χ0v) is 21.4. The molecule has 0 bridgehead atoms. The molecule has 0 saturated heterocycles. The van der Waals surface area contributed by atoms with Gasteiger partial charge in [-0.15, -0.1) is 0 Å². The first-order chi connectivity index (χ1) is 17.9. The number of carbonyl (C=O) groups is 6. The van der Waals surface area contributed by atoms with E-state index in [2.05, 4.69) is 10.6 Å². The third-order valence-corrected chi connectivity index (χ3v) is 4.59. The van der Waals surface area contributed by atoms with Crippen LogP contribution >= 0.6 is 0 Å². The van der Waals surface area contributed by atoms with Crippen molar-refractivity contribution in [3.8, 4) is 23.0 Å². The van der Waals surface area contributed by atoms with Gasteiger partial charge in [-0.25, -0.2) is 0 Å². The highest BCUT2D eigenvalue weighted by atomic mass is 16.6. The molecule has 0 unspecified atom stereocenters. The van der Waals surface area contributed by atoms with Gasteiger partial charge in [-0.1, -0.05) is 12.1 Å². The maximum Gasteiger partial charge on any atom is 0.308 e. The van der Waals surface area contributed by atoms with Gasteiger partial charge in [0.25, 0.3) is 0 Å². The van der Waals surface area contributed by atoms with E-state index in [4.69, 9.17) is 18.9 Å². The molecule has 12 heteroatoms. The minimum Gasteiger partial charge on any atom is -0.423 e. The first-order valence-corrected chi connectivity index (χ1v) is 11.5. The lowest BCUT2D eigenvalue weighted by molar-refractivity contribution is -0.134. The zero-order valence-electron chi connectivity index (χ0n) is 21.4. The van der Waals surface area contributed by atoms with Crippen LogP contribution in [0.5, 0.6) is 23.0 Å². The lowest BCUT2D eigenvalue weighted by Gasteiger charge is -2.12. The van der Waals surface area contributed by atoms with Gasteiger partial charge in [-0.05, 0) is 35.4 Å². The Morgan fingerprint density at radius 3 is 1.16 bits per heavy atom. The number of hydrogen-bond donors (Lipinski definition) is 2. The number of rotatable bonds is 11. The van der Waals surface area contributed by atoms with Gasteiger partial charge in [-0.3, -0.25) is 28.8 Å². The standard InChI is InChI=1S/C26H28N2O10/c1-15(29)35-21-7-5-19(11-23(21)37-17(3)31)13-27-25(33)9-10-26(34)28-14-20-6-8-22(36-16(2)30)24(12-20)38-18(4)32/h5-8,11-12H,9-10,13-14H2,1-4H3,(H,27,33)(H,28,34). The molecule has 38 heavy (non-hydrogen) atoms. The van der Waals surface area contributed by atoms with Crippen molar-refractivity contribution in [2.45, 2.75) is 53.6 Å². The smallest absolute Gasteiger partial charge is 0.308 e. The second-order valence-electron chi connectivity index (χ2n) is 7.99. The summed E-state index contributed by atoms with van der Waals surface area (Å²) in [6.45, 7) is 5.00. The molecular weight excluding hydrogens is 500 g/mol. The molecule has 0 saturated carbocycles. The lowest BCUT2D eigenvalue weighted by atomic mass is 10.2. The summed E-state index contributed by atoms with van der Waals surface area (Å²) in [5.74, 6) is -2.93. The molecule has 2 amide bonds. The molecule has 0 atom stereocenters. The molecule has 0 aliphatic rings. The van der Waals surface area contributed by atoms with Crippen LogP contribution in [0.4, 0.5) is 0 Å². The van der Waals surface area contributed by atoms with Crippen LogP contribution in [-0.2, 0) is 41.9 Å². The number of benzene rings is 2. The minimum atomic E-state index is -0.603. The van der Waals surface area contributed by atoms with Gasteiger partial charge in [-0.2, -0.15) is 0 Å². The number of carbonyl (C=O) groups excluding carboxylic acids is 6. The minimum absolute atomic E-state index is 0.0385. The molecule has 0 fully saturated rings. The number of amides is 2. The monoisotopic (exact) mass is 528 g/mol. The van der Waals surface area contributed by atoms with Crippen LogP contribution in [0.15, 0.2) is 36.4 Å². The number of ether oxygens (including phenoxy) is 4. The lowest BCUT2D eigenvalue weighted by Crippen LogP contribution is -2.27. The Bertz CT molecular complexity index is 1140. The van der Waals surface area contributed by atoms with Crippen molar-refractivity contribution in [1.29, 1.82) is 0 Å². The van der Waals surface area contributed by atoms with E-state index in [1.165, 1.54) is 52.0 Å². The van der Waals surface area contributed by atoms with E-state index in [9.17, 15) is 28.8 Å². The Hall–Kier alpha value is -4.74. The molecule has 0 heterocycles. The van der Waals surface area contributed by atoms with E-state index >= 15 is 0 Å². The van der Waals surface area contributed by atoms with Crippen LogP contribution in [0.25, 0.3) is 0 Å². The molecule has 0 aromatic heterocycles. The topological polar surface area (TPSA) is 163 Å². The van der Waals surface area contributed by atoms with Crippen LogP contribution in [-0.4, -0.2) is 35.7 Å². The predicted octanol–water partition coefficient (Wildman–Crippen LogP) is 2.10. The van der Waals surface area contributed by atoms with E-state index < -0.39 is 23.9 Å². The Morgan fingerprint density at radius 1 is 0.526 bits per heavy atom. The SMILES string of the molecule is CC(=O)Oc1ccc(CNC(=O)CCC(=O)NCc2ccc(OC(C)=O)c(OC(C)=O)c2)cc1OC(C)=O. The van der Waals surface area contributed by atoms with Gasteiger partial charge in [0.1, 0.15) is 0 Å². The molecule has 0 aliphatic heterocycles. The summed E-state index contributed by atoms with van der Waals surface area (Å²) in [5.41, 5.74) is 1.16. The zero-order chi connectivity index (χ0) is 28.2. The number of nitrogens with one attached hydrogen (secondary N) is 2. The second-order valence-corrected chi connectivity index (χ2v) is 7.99. The van der Waals surface area contributed by atoms with Gasteiger partial charge < -0.3 is 29.6 Å². The van der Waals surface area contributed by atoms with E-state index in [1.807, 2.05) is 0 Å². The molecule has 12 nitrogen and oxygen atoms in total. The highest BCUT2D eigenvalue weighted by Gasteiger charge is 2.14. The Balaban J connectivity index is 1.86. The third kappa shape index (κ3) is 10.5. The van der Waals surface area contributed by atoms with Gasteiger partial charge in [0.05, 0.1) is 0 Å². The molecule has 0 spiro atoms. The van der Waals surface area contributed by atoms with Crippen molar-refractivity contribution in [2.75, 3.05) is 0 Å². The van der Waals surface area contributed by atoms with Crippen molar-refractivity contribution in [3.63, 3.8) is 0 Å². The summed E-state index contributed by atoms with van der Waals surface area (Å²) in [6, 6.07) is 9.00. The predicted molar refractivity (Wildman–Crippen MR) is 131 cm³/mol. The van der Waals surface area contributed by atoms with Crippen LogP contribution in [0, 0.1) is 0 Å². The van der Waals surface area contributed by atoms with Crippen LogP contribution in [0.1, 0.15) is 51.7 Å². The average molecular weight is 529 g/mol. The summed E-state index contributed by atoms with van der Waals surface area (Å²) in [5, 5.41) is 5.32. The van der Waals surface area contributed by atoms with Gasteiger partial charge in [0.2, 0.25) is 11.8 Å². The number of hydrogen-bond acceptors (Lipinski definition) is 10. The van der Waals surface area contributed by atoms with Gasteiger partial charge >= 0.3 is 23.9 Å². The first kappa shape index (κ1) is 29.5. The highest BCUT2D eigenvalue weighted by molar-refractivity contribution is 5.83. The highest BCUT2D eigenvalue weighted by Crippen LogP contribution is 2.30. The molecule has 0 aliphatic carbocycles. The summed E-state index contributed by atoms with van der Waals surface area (Å²) < 4.78 is 20.1. The quantitative estimate of drug-likeness (QED) is 0.326. The van der Waals surface area contributed by atoms with E-state index in [0.29, 0.717) is 11.1 Å². The molecule has 2 aromatic carbocycles. The fourth-order valence-corrected chi connectivity index (χ4v) is 3.08. The van der Waals surface area contributed by atoms with Gasteiger partial charge in [0, 0.05) is 53.6 Å². The molecule has 2 rings (SSSR count). The van der Waals surface area contributed by atoms with Crippen molar-refractivity contribution in [2.24, 2.45) is 0 Å². The Kier molecular flexibility index (Phi) is 11.0. The third-order valence-electron chi connectivity index (χ3n) is 4.59. The molecule has 0 radical (unpaired) electrons. The molecule has 202 valence electrons. The first-order valence-electron chi connectivity index (χ1n) is 11.5. The maximum atomic E-state index is 12.2. The Labute approximate surface area is 218 Å². The fourth-order valence-electron chi connectivity index (χ4n) is 3.08. The van der Waals surface area contributed by atoms with E-state index in [1.54, 1.807) is 12.1 Å². The van der Waals surface area contributed by atoms with E-state index in [-0.39, 0.29) is 60.7 Å². The second kappa shape index (κ2) is 14.1. The van der Waals surface area contributed by atoms with Crippen LogP contribution in [0.3, 0.4) is 0 Å². The average Bonchev–Trinajstić information content (AvgIpc) is 2.81. The van der Waals surface area contributed by atoms with Crippen LogP contribution in [0.2, 0.25) is 0 Å². The summed E-state index contributed by atoms with van der Waals surface area (Å²) in [6.07, 6.45) is -0.170. The summed E-state index contributed by atoms with van der Waals surface area (Å²) >= 11 is 0. The van der Waals surface area contributed by atoms with Crippen LogP contribution < -0.4 is 29.6 Å². The van der Waals surface area contributed by atoms with Crippen molar-refractivity contribution >= 4 is 35.7 Å². The molecular formula is C26H28N2O10. The van der Waals surface area contributed by atoms with Gasteiger partial charge in [0.15, 0.2) is 23.0 Å². The molecule has 2 aromatic rings.